The van der Waals surface area contributed by atoms with Crippen molar-refractivity contribution in [2.24, 2.45) is 11.7 Å². The number of likely N-dealkylation sites (tertiary alicyclic amines) is 1. The van der Waals surface area contributed by atoms with Crippen LogP contribution < -0.4 is 5.73 Å². The Morgan fingerprint density at radius 2 is 1.95 bits per heavy atom. The second kappa shape index (κ2) is 6.32. The zero-order valence-electron chi connectivity index (χ0n) is 12.9. The molecule has 0 saturated carbocycles. The average molecular weight is 298 g/mol. The van der Waals surface area contributed by atoms with E-state index in [9.17, 15) is 4.79 Å². The lowest BCUT2D eigenvalue weighted by Gasteiger charge is -2.33. The highest BCUT2D eigenvalue weighted by Crippen LogP contribution is 2.21. The van der Waals surface area contributed by atoms with Gasteiger partial charge in [0.15, 0.2) is 0 Å². The summed E-state index contributed by atoms with van der Waals surface area (Å²) in [5.41, 5.74) is 7.55. The molecule has 1 aliphatic rings. The summed E-state index contributed by atoms with van der Waals surface area (Å²) in [4.78, 5) is 14.5. The molecule has 0 radical (unpaired) electrons. The maximum atomic E-state index is 12.6. The van der Waals surface area contributed by atoms with Crippen molar-refractivity contribution in [3.05, 3.63) is 48.3 Å². The van der Waals surface area contributed by atoms with E-state index in [4.69, 9.17) is 5.73 Å². The molecule has 1 aromatic carbocycles. The number of hydrogen-bond acceptors (Lipinski definition) is 3. The lowest BCUT2D eigenvalue weighted by Crippen LogP contribution is -2.42. The van der Waals surface area contributed by atoms with Gasteiger partial charge in [-0.05, 0) is 37.8 Å². The molecule has 2 heterocycles. The highest BCUT2D eigenvalue weighted by molar-refractivity contribution is 5.93. The number of carbonyl (C=O) groups excluding carboxylic acids is 1. The van der Waals surface area contributed by atoms with Gasteiger partial charge in [0.1, 0.15) is 0 Å². The summed E-state index contributed by atoms with van der Waals surface area (Å²) in [5, 5.41) is 4.29. The highest BCUT2D eigenvalue weighted by atomic mass is 16.2. The van der Waals surface area contributed by atoms with Crippen LogP contribution in [0.25, 0.3) is 5.69 Å². The molecule has 0 spiro atoms. The SMILES string of the molecule is CC(N)C1CCN(C(=O)c2cnn(-c3ccccc3)c2)CC1. The molecule has 2 N–H and O–H groups in total. The minimum Gasteiger partial charge on any atom is -0.339 e. The molecule has 1 saturated heterocycles. The minimum absolute atomic E-state index is 0.0605. The number of benzene rings is 1. The number of aromatic nitrogens is 2. The third kappa shape index (κ3) is 3.04. The van der Waals surface area contributed by atoms with E-state index in [1.54, 1.807) is 17.1 Å². The molecule has 1 fully saturated rings. The van der Waals surface area contributed by atoms with E-state index in [0.717, 1.165) is 31.6 Å². The smallest absolute Gasteiger partial charge is 0.257 e. The van der Waals surface area contributed by atoms with E-state index < -0.39 is 0 Å². The molecule has 0 bridgehead atoms. The van der Waals surface area contributed by atoms with E-state index in [1.807, 2.05) is 42.2 Å². The second-order valence-corrected chi connectivity index (χ2v) is 6.00. The summed E-state index contributed by atoms with van der Waals surface area (Å²) >= 11 is 0. The summed E-state index contributed by atoms with van der Waals surface area (Å²) in [5.74, 6) is 0.585. The van der Waals surface area contributed by atoms with Crippen molar-refractivity contribution < 1.29 is 4.79 Å². The maximum Gasteiger partial charge on any atom is 0.257 e. The normalized spacial score (nSPS) is 17.5. The van der Waals surface area contributed by atoms with Gasteiger partial charge in [0.25, 0.3) is 5.91 Å². The number of nitrogens with two attached hydrogens (primary N) is 1. The van der Waals surface area contributed by atoms with Crippen LogP contribution in [0.3, 0.4) is 0 Å². The highest BCUT2D eigenvalue weighted by Gasteiger charge is 2.26. The van der Waals surface area contributed by atoms with Crippen LogP contribution in [0.5, 0.6) is 0 Å². The van der Waals surface area contributed by atoms with Gasteiger partial charge >= 0.3 is 0 Å². The molecule has 22 heavy (non-hydrogen) atoms. The van der Waals surface area contributed by atoms with Crippen molar-refractivity contribution in [3.8, 4) is 5.69 Å². The van der Waals surface area contributed by atoms with Crippen molar-refractivity contribution in [1.82, 2.24) is 14.7 Å². The van der Waals surface area contributed by atoms with Gasteiger partial charge < -0.3 is 10.6 Å². The Morgan fingerprint density at radius 1 is 1.27 bits per heavy atom. The molecule has 5 heteroatoms. The van der Waals surface area contributed by atoms with Crippen molar-refractivity contribution in [1.29, 1.82) is 0 Å². The van der Waals surface area contributed by atoms with Crippen molar-refractivity contribution in [3.63, 3.8) is 0 Å². The van der Waals surface area contributed by atoms with Crippen LogP contribution in [0.1, 0.15) is 30.1 Å². The molecule has 2 aromatic rings. The van der Waals surface area contributed by atoms with E-state index in [1.165, 1.54) is 0 Å². The number of amides is 1. The van der Waals surface area contributed by atoms with Gasteiger partial charge in [0.2, 0.25) is 0 Å². The fourth-order valence-electron chi connectivity index (χ4n) is 2.97. The number of piperidine rings is 1. The first-order valence-corrected chi connectivity index (χ1v) is 7.80. The lowest BCUT2D eigenvalue weighted by molar-refractivity contribution is 0.0681. The zero-order chi connectivity index (χ0) is 15.5. The topological polar surface area (TPSA) is 64.2 Å². The fraction of sp³-hybridized carbons (Fsp3) is 0.412. The van der Waals surface area contributed by atoms with Crippen LogP contribution in [-0.2, 0) is 0 Å². The Bertz CT molecular complexity index is 627. The third-order valence-electron chi connectivity index (χ3n) is 4.42. The number of hydrogen-bond donors (Lipinski definition) is 1. The summed E-state index contributed by atoms with van der Waals surface area (Å²) in [7, 11) is 0. The average Bonchev–Trinajstić information content (AvgIpc) is 3.05. The summed E-state index contributed by atoms with van der Waals surface area (Å²) in [6.07, 6.45) is 5.41. The van der Waals surface area contributed by atoms with Gasteiger partial charge in [0.05, 0.1) is 17.4 Å². The van der Waals surface area contributed by atoms with Crippen molar-refractivity contribution >= 4 is 5.91 Å². The Morgan fingerprint density at radius 3 is 2.59 bits per heavy atom. The standard InChI is InChI=1S/C17H22N4O/c1-13(18)14-7-9-20(10-8-14)17(22)15-11-19-21(12-15)16-5-3-2-4-6-16/h2-6,11-14H,7-10,18H2,1H3. The molecule has 0 aliphatic carbocycles. The van der Waals surface area contributed by atoms with Gasteiger partial charge in [-0.1, -0.05) is 18.2 Å². The molecule has 1 atom stereocenters. The van der Waals surface area contributed by atoms with E-state index in [-0.39, 0.29) is 11.9 Å². The van der Waals surface area contributed by atoms with Gasteiger partial charge in [-0.15, -0.1) is 0 Å². The van der Waals surface area contributed by atoms with Gasteiger partial charge in [-0.2, -0.15) is 5.10 Å². The predicted molar refractivity (Wildman–Crippen MR) is 85.8 cm³/mol. The van der Waals surface area contributed by atoms with Crippen LogP contribution in [-0.4, -0.2) is 39.7 Å². The van der Waals surface area contributed by atoms with E-state index in [2.05, 4.69) is 5.10 Å². The largest absolute Gasteiger partial charge is 0.339 e. The molecular weight excluding hydrogens is 276 g/mol. The first-order chi connectivity index (χ1) is 10.6. The molecular formula is C17H22N4O. The summed E-state index contributed by atoms with van der Waals surface area (Å²) in [6, 6.07) is 10.0. The Kier molecular flexibility index (Phi) is 4.24. The van der Waals surface area contributed by atoms with Crippen LogP contribution in [0, 0.1) is 5.92 Å². The number of nitrogens with zero attached hydrogens (tertiary/aromatic N) is 3. The van der Waals surface area contributed by atoms with Crippen LogP contribution in [0.4, 0.5) is 0 Å². The Labute approximate surface area is 130 Å². The predicted octanol–water partition coefficient (Wildman–Crippen LogP) is 2.07. The van der Waals surface area contributed by atoms with Crippen molar-refractivity contribution in [2.45, 2.75) is 25.8 Å². The first kappa shape index (κ1) is 14.8. The number of rotatable bonds is 3. The fourth-order valence-corrected chi connectivity index (χ4v) is 2.97. The third-order valence-corrected chi connectivity index (χ3v) is 4.42. The molecule has 1 aliphatic heterocycles. The van der Waals surface area contributed by atoms with Gasteiger partial charge in [-0.3, -0.25) is 4.79 Å². The Balaban J connectivity index is 1.68. The second-order valence-electron chi connectivity index (χ2n) is 6.00. The molecule has 1 aromatic heterocycles. The van der Waals surface area contributed by atoms with Gasteiger partial charge in [0, 0.05) is 25.3 Å². The van der Waals surface area contributed by atoms with Crippen LogP contribution in [0.2, 0.25) is 0 Å². The molecule has 3 rings (SSSR count). The molecule has 5 nitrogen and oxygen atoms in total. The van der Waals surface area contributed by atoms with Crippen molar-refractivity contribution in [2.75, 3.05) is 13.1 Å². The number of carbonyl (C=O) groups is 1. The van der Waals surface area contributed by atoms with Crippen LogP contribution >= 0.6 is 0 Å². The van der Waals surface area contributed by atoms with Crippen LogP contribution in [0.15, 0.2) is 42.7 Å². The van der Waals surface area contributed by atoms with E-state index >= 15 is 0 Å². The minimum atomic E-state index is 0.0605. The maximum absolute atomic E-state index is 12.6. The molecule has 116 valence electrons. The monoisotopic (exact) mass is 298 g/mol. The zero-order valence-corrected chi connectivity index (χ0v) is 12.9. The summed E-state index contributed by atoms with van der Waals surface area (Å²) in [6.45, 7) is 3.61. The quantitative estimate of drug-likeness (QED) is 0.943. The Hall–Kier alpha value is -2.14. The summed E-state index contributed by atoms with van der Waals surface area (Å²) < 4.78 is 1.74. The first-order valence-electron chi connectivity index (χ1n) is 7.80. The van der Waals surface area contributed by atoms with E-state index in [0.29, 0.717) is 11.5 Å². The van der Waals surface area contributed by atoms with Gasteiger partial charge in [-0.25, -0.2) is 4.68 Å². The lowest BCUT2D eigenvalue weighted by atomic mass is 9.91. The number of para-hydroxylation sites is 1. The molecule has 1 unspecified atom stereocenters. The molecule has 1 amide bonds.